The average molecular weight is 278 g/mol. The van der Waals surface area contributed by atoms with Crippen LogP contribution in [0.5, 0.6) is 5.75 Å². The Labute approximate surface area is 107 Å². The van der Waals surface area contributed by atoms with Crippen molar-refractivity contribution in [1.82, 2.24) is 4.31 Å². The van der Waals surface area contributed by atoms with Crippen LogP contribution in [0.25, 0.3) is 0 Å². The molecule has 96 valence electrons. The van der Waals surface area contributed by atoms with Gasteiger partial charge in [-0.3, -0.25) is 0 Å². The summed E-state index contributed by atoms with van der Waals surface area (Å²) in [6.45, 7) is 0.883. The van der Waals surface area contributed by atoms with Crippen LogP contribution in [0.1, 0.15) is 6.42 Å². The summed E-state index contributed by atoms with van der Waals surface area (Å²) in [5, 5.41) is -0.386. The lowest BCUT2D eigenvalue weighted by Crippen LogP contribution is -2.29. The minimum Gasteiger partial charge on any atom is -0.494 e. The lowest BCUT2D eigenvalue weighted by molar-refractivity contribution is 0.296. The molecular weight excluding hydrogens is 262 g/mol. The van der Waals surface area contributed by atoms with Crippen LogP contribution in [0.15, 0.2) is 30.3 Å². The van der Waals surface area contributed by atoms with Gasteiger partial charge in [0.2, 0.25) is 10.0 Å². The molecule has 1 aromatic rings. The largest absolute Gasteiger partial charge is 0.494 e. The number of nitrogens with zero attached hydrogens (tertiary/aromatic N) is 1. The monoisotopic (exact) mass is 277 g/mol. The van der Waals surface area contributed by atoms with Crippen molar-refractivity contribution in [3.63, 3.8) is 0 Å². The molecule has 0 unspecified atom stereocenters. The van der Waals surface area contributed by atoms with Crippen molar-refractivity contribution in [3.05, 3.63) is 30.3 Å². The van der Waals surface area contributed by atoms with Crippen molar-refractivity contribution in [3.8, 4) is 5.75 Å². The molecule has 6 heteroatoms. The topological polar surface area (TPSA) is 46.6 Å². The van der Waals surface area contributed by atoms with Crippen molar-refractivity contribution in [2.45, 2.75) is 6.42 Å². The first-order valence-corrected chi connectivity index (χ1v) is 7.38. The van der Waals surface area contributed by atoms with Gasteiger partial charge in [-0.1, -0.05) is 18.2 Å². The van der Waals surface area contributed by atoms with E-state index in [1.807, 2.05) is 30.3 Å². The summed E-state index contributed by atoms with van der Waals surface area (Å²) < 4.78 is 29.3. The molecule has 0 radical (unpaired) electrons. The zero-order chi connectivity index (χ0) is 12.7. The predicted molar refractivity (Wildman–Crippen MR) is 68.8 cm³/mol. The molecule has 17 heavy (non-hydrogen) atoms. The van der Waals surface area contributed by atoms with Crippen molar-refractivity contribution in [2.75, 3.05) is 25.4 Å². The van der Waals surface area contributed by atoms with Gasteiger partial charge in [0, 0.05) is 13.6 Å². The highest BCUT2D eigenvalue weighted by Gasteiger charge is 2.15. The van der Waals surface area contributed by atoms with Gasteiger partial charge in [-0.2, -0.15) is 0 Å². The van der Waals surface area contributed by atoms with Gasteiger partial charge < -0.3 is 4.74 Å². The molecule has 4 nitrogen and oxygen atoms in total. The van der Waals surface area contributed by atoms with Gasteiger partial charge in [0.25, 0.3) is 0 Å². The second kappa shape index (κ2) is 6.83. The van der Waals surface area contributed by atoms with Gasteiger partial charge in [0.05, 0.1) is 6.61 Å². The highest BCUT2D eigenvalue weighted by Crippen LogP contribution is 2.09. The molecule has 0 spiro atoms. The fourth-order valence-corrected chi connectivity index (χ4v) is 2.29. The van der Waals surface area contributed by atoms with E-state index >= 15 is 0 Å². The van der Waals surface area contributed by atoms with Crippen LogP contribution in [0.3, 0.4) is 0 Å². The molecule has 0 N–H and O–H groups in total. The standard InChI is InChI=1S/C11H16ClNO3S/c1-13(17(14,15)10-12)8-5-9-16-11-6-3-2-4-7-11/h2-4,6-7H,5,8-10H2,1H3. The second-order valence-corrected chi connectivity index (χ2v) is 6.22. The number of hydrogen-bond donors (Lipinski definition) is 0. The van der Waals surface area contributed by atoms with Gasteiger partial charge in [0.15, 0.2) is 0 Å². The Bertz CT molecular complexity index is 422. The molecule has 0 bridgehead atoms. The van der Waals surface area contributed by atoms with E-state index in [1.165, 1.54) is 11.4 Å². The minimum atomic E-state index is -3.30. The molecule has 0 aromatic heterocycles. The molecule has 0 atom stereocenters. The maximum Gasteiger partial charge on any atom is 0.227 e. The fraction of sp³-hybridized carbons (Fsp3) is 0.455. The third-order valence-corrected chi connectivity index (χ3v) is 4.48. The Kier molecular flexibility index (Phi) is 5.74. The van der Waals surface area contributed by atoms with Gasteiger partial charge in [-0.25, -0.2) is 12.7 Å². The summed E-state index contributed by atoms with van der Waals surface area (Å²) in [5.74, 6) is 0.787. The molecule has 0 aliphatic rings. The van der Waals surface area contributed by atoms with E-state index in [2.05, 4.69) is 0 Å². The number of para-hydroxylation sites is 1. The fourth-order valence-electron chi connectivity index (χ4n) is 1.22. The Morgan fingerprint density at radius 3 is 2.53 bits per heavy atom. The van der Waals surface area contributed by atoms with Crippen LogP contribution in [-0.4, -0.2) is 38.1 Å². The van der Waals surface area contributed by atoms with Crippen LogP contribution >= 0.6 is 11.6 Å². The molecule has 0 saturated heterocycles. The maximum atomic E-state index is 11.3. The van der Waals surface area contributed by atoms with Crippen molar-refractivity contribution >= 4 is 21.6 Å². The normalized spacial score (nSPS) is 11.7. The third kappa shape index (κ3) is 4.93. The smallest absolute Gasteiger partial charge is 0.227 e. The lowest BCUT2D eigenvalue weighted by atomic mass is 10.3. The van der Waals surface area contributed by atoms with Crippen molar-refractivity contribution in [2.24, 2.45) is 0 Å². The predicted octanol–water partition coefficient (Wildman–Crippen LogP) is 1.91. The summed E-state index contributed by atoms with van der Waals surface area (Å²) in [6.07, 6.45) is 0.627. The molecule has 1 aromatic carbocycles. The summed E-state index contributed by atoms with van der Waals surface area (Å²) in [4.78, 5) is 0. The van der Waals surface area contributed by atoms with E-state index in [9.17, 15) is 8.42 Å². The van der Waals surface area contributed by atoms with Crippen LogP contribution in [0, 0.1) is 0 Å². The maximum absolute atomic E-state index is 11.3. The first-order valence-electron chi connectivity index (χ1n) is 5.24. The number of sulfonamides is 1. The zero-order valence-electron chi connectivity index (χ0n) is 9.67. The first kappa shape index (κ1) is 14.3. The Hall–Kier alpha value is -0.780. The number of rotatable bonds is 7. The summed E-state index contributed by atoms with van der Waals surface area (Å²) >= 11 is 5.34. The number of alkyl halides is 1. The van der Waals surface area contributed by atoms with Gasteiger partial charge in [0.1, 0.15) is 11.0 Å². The first-order chi connectivity index (χ1) is 8.06. The highest BCUT2D eigenvalue weighted by molar-refractivity contribution is 7.90. The van der Waals surface area contributed by atoms with Crippen LogP contribution < -0.4 is 4.74 Å². The summed E-state index contributed by atoms with van der Waals surface area (Å²) in [6, 6.07) is 9.41. The Morgan fingerprint density at radius 2 is 1.94 bits per heavy atom. The number of halogens is 1. The summed E-state index contributed by atoms with van der Waals surface area (Å²) in [5.41, 5.74) is 0. The molecule has 0 amide bonds. The lowest BCUT2D eigenvalue weighted by Gasteiger charge is -2.15. The zero-order valence-corrected chi connectivity index (χ0v) is 11.2. The van der Waals surface area contributed by atoms with Crippen LogP contribution in [0.4, 0.5) is 0 Å². The molecule has 0 aliphatic carbocycles. The van der Waals surface area contributed by atoms with Crippen molar-refractivity contribution in [1.29, 1.82) is 0 Å². The van der Waals surface area contributed by atoms with E-state index in [1.54, 1.807) is 0 Å². The van der Waals surface area contributed by atoms with E-state index in [-0.39, 0.29) is 5.21 Å². The van der Waals surface area contributed by atoms with E-state index < -0.39 is 10.0 Å². The molecular formula is C11H16ClNO3S. The molecule has 1 rings (SSSR count). The number of hydrogen-bond acceptors (Lipinski definition) is 3. The molecule has 0 heterocycles. The second-order valence-electron chi connectivity index (χ2n) is 3.56. The third-order valence-electron chi connectivity index (χ3n) is 2.24. The van der Waals surface area contributed by atoms with Gasteiger partial charge in [-0.05, 0) is 18.6 Å². The highest BCUT2D eigenvalue weighted by atomic mass is 35.5. The minimum absolute atomic E-state index is 0.386. The van der Waals surface area contributed by atoms with Gasteiger partial charge in [-0.15, -0.1) is 11.6 Å². The molecule has 0 fully saturated rings. The Balaban J connectivity index is 2.25. The number of ether oxygens (including phenoxy) is 1. The van der Waals surface area contributed by atoms with E-state index in [0.29, 0.717) is 19.6 Å². The number of benzene rings is 1. The van der Waals surface area contributed by atoms with Gasteiger partial charge >= 0.3 is 0 Å². The molecule has 0 saturated carbocycles. The van der Waals surface area contributed by atoms with E-state index in [0.717, 1.165) is 5.75 Å². The quantitative estimate of drug-likeness (QED) is 0.565. The summed E-state index contributed by atoms with van der Waals surface area (Å²) in [7, 11) is -1.79. The van der Waals surface area contributed by atoms with Crippen LogP contribution in [-0.2, 0) is 10.0 Å². The van der Waals surface area contributed by atoms with E-state index in [4.69, 9.17) is 16.3 Å². The average Bonchev–Trinajstić information content (AvgIpc) is 2.35. The van der Waals surface area contributed by atoms with Crippen LogP contribution in [0.2, 0.25) is 0 Å². The SMILES string of the molecule is CN(CCCOc1ccccc1)S(=O)(=O)CCl. The molecule has 0 aliphatic heterocycles. The Morgan fingerprint density at radius 1 is 1.29 bits per heavy atom. The van der Waals surface area contributed by atoms with Crippen molar-refractivity contribution < 1.29 is 13.2 Å².